The Hall–Kier alpha value is 0.646. The van der Waals surface area contributed by atoms with E-state index in [1.807, 2.05) is 0 Å². The third kappa shape index (κ3) is 4.80. The first-order valence-corrected chi connectivity index (χ1v) is 2.15. The van der Waals surface area contributed by atoms with Gasteiger partial charge in [0.05, 0.1) is 26.4 Å². The van der Waals surface area contributed by atoms with E-state index >= 15 is 0 Å². The Morgan fingerprint density at radius 2 is 1.12 bits per heavy atom. The molecule has 0 bridgehead atoms. The molecule has 1 fully saturated rings. The van der Waals surface area contributed by atoms with E-state index in [9.17, 15) is 0 Å². The van der Waals surface area contributed by atoms with Gasteiger partial charge in [0.1, 0.15) is 0 Å². The monoisotopic (exact) mass is 132 g/mol. The van der Waals surface area contributed by atoms with Gasteiger partial charge in [-0.2, -0.15) is 0 Å². The maximum atomic E-state index is 4.94. The van der Waals surface area contributed by atoms with E-state index in [1.165, 1.54) is 0 Å². The molecule has 0 amide bonds. The topological polar surface area (TPSA) is 50.0 Å². The molecule has 0 aromatic heterocycles. The minimum absolute atomic E-state index is 0. The third-order valence-corrected chi connectivity index (χ3v) is 0.744. The molecular weight excluding hydrogens is 120 g/mol. The van der Waals surface area contributed by atoms with Gasteiger partial charge in [-0.15, -0.1) is 0 Å². The molecule has 1 aliphatic heterocycles. The van der Waals surface area contributed by atoms with Gasteiger partial charge < -0.3 is 17.8 Å². The van der Waals surface area contributed by atoms with E-state index in [1.54, 1.807) is 0 Å². The summed E-state index contributed by atoms with van der Waals surface area (Å²) in [7, 11) is 0. The summed E-state index contributed by atoms with van der Waals surface area (Å²) in [6.07, 6.45) is 0. The SMILES string of the molecule is C1COCCO1.O.[H-].[H-].[Mg+2]. The Kier molecular flexibility index (Phi) is 10.9. The Bertz CT molecular complexity index is 34.0. The van der Waals surface area contributed by atoms with Crippen molar-refractivity contribution in [2.75, 3.05) is 26.4 Å². The van der Waals surface area contributed by atoms with Crippen LogP contribution >= 0.6 is 0 Å². The van der Waals surface area contributed by atoms with Gasteiger partial charge in [-0.1, -0.05) is 0 Å². The Morgan fingerprint density at radius 1 is 0.875 bits per heavy atom. The summed E-state index contributed by atoms with van der Waals surface area (Å²) in [5.41, 5.74) is 0. The van der Waals surface area contributed by atoms with Crippen LogP contribution in [0.25, 0.3) is 0 Å². The summed E-state index contributed by atoms with van der Waals surface area (Å²) >= 11 is 0. The van der Waals surface area contributed by atoms with Crippen LogP contribution in [0.4, 0.5) is 0 Å². The fourth-order valence-corrected chi connectivity index (χ4v) is 0.440. The molecule has 0 unspecified atom stereocenters. The third-order valence-electron chi connectivity index (χ3n) is 0.744. The van der Waals surface area contributed by atoms with Crippen molar-refractivity contribution in [3.8, 4) is 0 Å². The maximum absolute atomic E-state index is 4.94. The van der Waals surface area contributed by atoms with Gasteiger partial charge in [-0.25, -0.2) is 0 Å². The first-order chi connectivity index (χ1) is 3.00. The molecular formula is C4H12MgO3. The molecule has 0 aliphatic carbocycles. The molecule has 0 saturated carbocycles. The summed E-state index contributed by atoms with van der Waals surface area (Å²) in [6.45, 7) is 3.11. The van der Waals surface area contributed by atoms with Crippen LogP contribution in [0, 0.1) is 0 Å². The summed E-state index contributed by atoms with van der Waals surface area (Å²) in [4.78, 5) is 0. The molecule has 0 spiro atoms. The van der Waals surface area contributed by atoms with Gasteiger partial charge in [0.25, 0.3) is 0 Å². The molecule has 8 heavy (non-hydrogen) atoms. The summed E-state index contributed by atoms with van der Waals surface area (Å²) < 4.78 is 9.89. The zero-order valence-corrected chi connectivity index (χ0v) is 6.27. The second kappa shape index (κ2) is 7.65. The Labute approximate surface area is 67.8 Å². The molecule has 1 rings (SSSR count). The smallest absolute Gasteiger partial charge is 1.00 e. The second-order valence-corrected chi connectivity index (χ2v) is 1.22. The molecule has 3 nitrogen and oxygen atoms in total. The van der Waals surface area contributed by atoms with E-state index in [4.69, 9.17) is 9.47 Å². The maximum Gasteiger partial charge on any atom is 2.00 e. The molecule has 1 aliphatic rings. The van der Waals surface area contributed by atoms with Crippen LogP contribution in [0.5, 0.6) is 0 Å². The Balaban J connectivity index is -0.0000000450. The van der Waals surface area contributed by atoms with E-state index < -0.39 is 0 Å². The summed E-state index contributed by atoms with van der Waals surface area (Å²) in [5.74, 6) is 0. The van der Waals surface area contributed by atoms with Gasteiger partial charge >= 0.3 is 23.1 Å². The van der Waals surface area contributed by atoms with Crippen molar-refractivity contribution >= 4 is 23.1 Å². The van der Waals surface area contributed by atoms with E-state index in [-0.39, 0.29) is 31.4 Å². The van der Waals surface area contributed by atoms with Crippen molar-refractivity contribution in [2.45, 2.75) is 0 Å². The fraction of sp³-hybridized carbons (Fsp3) is 1.00. The minimum atomic E-state index is 0. The Morgan fingerprint density at radius 3 is 1.25 bits per heavy atom. The number of ether oxygens (including phenoxy) is 2. The molecule has 0 radical (unpaired) electrons. The molecule has 0 atom stereocenters. The average molecular weight is 132 g/mol. The van der Waals surface area contributed by atoms with Crippen LogP contribution in [-0.2, 0) is 9.47 Å². The molecule has 48 valence electrons. The van der Waals surface area contributed by atoms with Crippen LogP contribution in [-0.4, -0.2) is 55.0 Å². The van der Waals surface area contributed by atoms with Crippen LogP contribution in [0.15, 0.2) is 0 Å². The number of hydrogen-bond acceptors (Lipinski definition) is 2. The fourth-order valence-electron chi connectivity index (χ4n) is 0.440. The summed E-state index contributed by atoms with van der Waals surface area (Å²) in [5, 5.41) is 0. The van der Waals surface area contributed by atoms with Gasteiger partial charge in [-0.3, -0.25) is 0 Å². The van der Waals surface area contributed by atoms with Crippen molar-refractivity contribution < 1.29 is 17.8 Å². The first-order valence-electron chi connectivity index (χ1n) is 2.15. The van der Waals surface area contributed by atoms with Crippen molar-refractivity contribution in [1.82, 2.24) is 0 Å². The van der Waals surface area contributed by atoms with E-state index in [0.717, 1.165) is 26.4 Å². The second-order valence-electron chi connectivity index (χ2n) is 1.22. The van der Waals surface area contributed by atoms with Gasteiger partial charge in [-0.05, 0) is 0 Å². The van der Waals surface area contributed by atoms with Crippen LogP contribution < -0.4 is 0 Å². The molecule has 2 N–H and O–H groups in total. The average Bonchev–Trinajstić information content (AvgIpc) is 1.72. The summed E-state index contributed by atoms with van der Waals surface area (Å²) in [6, 6.07) is 0. The molecule has 1 heterocycles. The van der Waals surface area contributed by atoms with Gasteiger partial charge in [0.2, 0.25) is 0 Å². The number of hydrogen-bond donors (Lipinski definition) is 0. The predicted molar refractivity (Wildman–Crippen MR) is 33.2 cm³/mol. The predicted octanol–water partition coefficient (Wildman–Crippen LogP) is -0.947. The molecule has 0 aromatic rings. The normalized spacial score (nSPS) is 18.0. The van der Waals surface area contributed by atoms with Crippen molar-refractivity contribution in [3.05, 3.63) is 0 Å². The van der Waals surface area contributed by atoms with Crippen molar-refractivity contribution in [3.63, 3.8) is 0 Å². The standard InChI is InChI=1S/C4H8O2.Mg.H2O.2H/c1-2-6-4-3-5-1;;;;/h1-4H2;;1H2;;/q;+2;;2*-1. The number of rotatable bonds is 0. The first kappa shape index (κ1) is 11.4. The quantitative estimate of drug-likeness (QED) is 0.399. The minimum Gasteiger partial charge on any atom is -1.00 e. The van der Waals surface area contributed by atoms with Gasteiger partial charge in [0, 0.05) is 0 Å². The van der Waals surface area contributed by atoms with E-state index in [2.05, 4.69) is 0 Å². The van der Waals surface area contributed by atoms with Crippen molar-refractivity contribution in [1.29, 1.82) is 0 Å². The molecule has 4 heteroatoms. The van der Waals surface area contributed by atoms with Gasteiger partial charge in [0.15, 0.2) is 0 Å². The molecule has 0 aromatic carbocycles. The van der Waals surface area contributed by atoms with Crippen LogP contribution in [0.3, 0.4) is 0 Å². The largest absolute Gasteiger partial charge is 2.00 e. The van der Waals surface area contributed by atoms with Crippen LogP contribution in [0.1, 0.15) is 2.85 Å². The van der Waals surface area contributed by atoms with Crippen LogP contribution in [0.2, 0.25) is 0 Å². The molecule has 1 saturated heterocycles. The van der Waals surface area contributed by atoms with Crippen molar-refractivity contribution in [2.24, 2.45) is 0 Å². The zero-order valence-electron chi connectivity index (χ0n) is 6.85. The van der Waals surface area contributed by atoms with E-state index in [0.29, 0.717) is 0 Å². The zero-order chi connectivity index (χ0) is 4.24.